The van der Waals surface area contributed by atoms with Crippen LogP contribution in [-0.2, 0) is 0 Å². The zero-order valence-corrected chi connectivity index (χ0v) is 14.0. The Kier molecular flexibility index (Phi) is 5.22. The number of hydrogen-bond acceptors (Lipinski definition) is 3. The van der Waals surface area contributed by atoms with Gasteiger partial charge in [-0.3, -0.25) is 9.78 Å². The smallest absolute Gasteiger partial charge is 0.257 e. The molecule has 0 aliphatic rings. The molecule has 0 aliphatic carbocycles. The number of nitrogens with zero attached hydrogens (tertiary/aromatic N) is 1. The van der Waals surface area contributed by atoms with E-state index >= 15 is 0 Å². The van der Waals surface area contributed by atoms with Crippen molar-refractivity contribution in [3.05, 3.63) is 89.8 Å². The molecule has 1 atom stereocenters. The lowest BCUT2D eigenvalue weighted by atomic mass is 10.1. The third kappa shape index (κ3) is 4.22. The van der Waals surface area contributed by atoms with Gasteiger partial charge in [0, 0.05) is 30.2 Å². The summed E-state index contributed by atoms with van der Waals surface area (Å²) >= 11 is 0. The predicted molar refractivity (Wildman–Crippen MR) is 97.0 cm³/mol. The molecule has 3 rings (SSSR count). The topological polar surface area (TPSA) is 54.0 Å². The van der Waals surface area contributed by atoms with Gasteiger partial charge in [0.25, 0.3) is 5.91 Å². The van der Waals surface area contributed by atoms with Crippen LogP contribution in [0.1, 0.15) is 28.9 Å². The van der Waals surface area contributed by atoms with Crippen LogP contribution in [0.25, 0.3) is 0 Å². The summed E-state index contributed by atoms with van der Waals surface area (Å²) in [4.78, 5) is 16.4. The normalized spacial score (nSPS) is 11.7. The highest BCUT2D eigenvalue weighted by molar-refractivity contribution is 6.04. The van der Waals surface area contributed by atoms with Crippen molar-refractivity contribution >= 4 is 17.3 Å². The molecule has 0 bridgehead atoms. The Morgan fingerprint density at radius 3 is 2.46 bits per heavy atom. The minimum Gasteiger partial charge on any atom is -0.377 e. The van der Waals surface area contributed by atoms with Crippen molar-refractivity contribution < 1.29 is 13.6 Å². The van der Waals surface area contributed by atoms with Gasteiger partial charge in [-0.2, -0.15) is 0 Å². The molecule has 1 heterocycles. The number of pyridine rings is 1. The average Bonchev–Trinajstić information content (AvgIpc) is 2.65. The van der Waals surface area contributed by atoms with Crippen LogP contribution in [0.3, 0.4) is 0 Å². The van der Waals surface area contributed by atoms with Crippen molar-refractivity contribution in [2.45, 2.75) is 13.0 Å². The molecule has 6 heteroatoms. The lowest BCUT2D eigenvalue weighted by Gasteiger charge is -2.16. The van der Waals surface area contributed by atoms with Crippen molar-refractivity contribution in [3.8, 4) is 0 Å². The second-order valence-electron chi connectivity index (χ2n) is 5.82. The predicted octanol–water partition coefficient (Wildman–Crippen LogP) is 4.79. The molecule has 4 nitrogen and oxygen atoms in total. The zero-order chi connectivity index (χ0) is 18.5. The largest absolute Gasteiger partial charge is 0.377 e. The maximum atomic E-state index is 13.3. The summed E-state index contributed by atoms with van der Waals surface area (Å²) in [7, 11) is 0. The average molecular weight is 353 g/mol. The lowest BCUT2D eigenvalue weighted by Crippen LogP contribution is -2.13. The Morgan fingerprint density at radius 1 is 0.962 bits per heavy atom. The van der Waals surface area contributed by atoms with E-state index in [1.54, 1.807) is 12.3 Å². The van der Waals surface area contributed by atoms with Gasteiger partial charge in [-0.1, -0.05) is 30.3 Å². The molecule has 0 aliphatic heterocycles. The van der Waals surface area contributed by atoms with E-state index in [-0.39, 0.29) is 11.7 Å². The van der Waals surface area contributed by atoms with Crippen LogP contribution in [0.4, 0.5) is 20.2 Å². The molecule has 0 saturated carbocycles. The van der Waals surface area contributed by atoms with Gasteiger partial charge in [0.2, 0.25) is 0 Å². The minimum atomic E-state index is -1.02. The van der Waals surface area contributed by atoms with Crippen LogP contribution in [-0.4, -0.2) is 10.9 Å². The van der Waals surface area contributed by atoms with Crippen LogP contribution < -0.4 is 10.6 Å². The molecule has 1 aromatic heterocycles. The number of benzene rings is 2. The number of aromatic nitrogens is 1. The summed E-state index contributed by atoms with van der Waals surface area (Å²) < 4.78 is 26.2. The van der Waals surface area contributed by atoms with Crippen molar-refractivity contribution in [2.75, 3.05) is 10.6 Å². The van der Waals surface area contributed by atoms with Crippen LogP contribution in [0.15, 0.2) is 67.0 Å². The molecular formula is C20H17F2N3O. The van der Waals surface area contributed by atoms with E-state index in [1.165, 1.54) is 12.3 Å². The molecule has 132 valence electrons. The Labute approximate surface area is 149 Å². The van der Waals surface area contributed by atoms with Gasteiger partial charge in [0.1, 0.15) is 0 Å². The number of hydrogen-bond donors (Lipinski definition) is 2. The maximum Gasteiger partial charge on any atom is 0.257 e. The Balaban J connectivity index is 1.72. The maximum absolute atomic E-state index is 13.3. The van der Waals surface area contributed by atoms with E-state index in [1.807, 2.05) is 37.3 Å². The molecule has 1 unspecified atom stereocenters. The SMILES string of the molecule is CC(Nc1cncc(C(=O)Nc2ccc(F)c(F)c2)c1)c1ccccc1. The van der Waals surface area contributed by atoms with Gasteiger partial charge in [0.15, 0.2) is 11.6 Å². The van der Waals surface area contributed by atoms with E-state index in [0.29, 0.717) is 11.3 Å². The van der Waals surface area contributed by atoms with Gasteiger partial charge >= 0.3 is 0 Å². The number of anilines is 2. The van der Waals surface area contributed by atoms with E-state index in [2.05, 4.69) is 15.6 Å². The Hall–Kier alpha value is -3.28. The molecule has 1 amide bonds. The van der Waals surface area contributed by atoms with Crippen molar-refractivity contribution in [2.24, 2.45) is 0 Å². The minimum absolute atomic E-state index is 0.0301. The highest BCUT2D eigenvalue weighted by atomic mass is 19.2. The molecule has 0 spiro atoms. The number of nitrogens with one attached hydrogen (secondary N) is 2. The second-order valence-corrected chi connectivity index (χ2v) is 5.82. The summed E-state index contributed by atoms with van der Waals surface area (Å²) in [5, 5.41) is 5.81. The summed E-state index contributed by atoms with van der Waals surface area (Å²) in [6, 6.07) is 14.7. The standard InChI is InChI=1S/C20H17F2N3O/c1-13(14-5-3-2-4-6-14)24-17-9-15(11-23-12-17)20(26)25-16-7-8-18(21)19(22)10-16/h2-13,24H,1H3,(H,25,26). The van der Waals surface area contributed by atoms with Crippen molar-refractivity contribution in [1.29, 1.82) is 0 Å². The summed E-state index contributed by atoms with van der Waals surface area (Å²) in [5.41, 5.74) is 2.26. The molecule has 0 saturated heterocycles. The van der Waals surface area contributed by atoms with E-state index < -0.39 is 17.5 Å². The van der Waals surface area contributed by atoms with Crippen molar-refractivity contribution in [3.63, 3.8) is 0 Å². The molecule has 0 fully saturated rings. The van der Waals surface area contributed by atoms with Gasteiger partial charge in [0.05, 0.1) is 11.3 Å². The number of rotatable bonds is 5. The first kappa shape index (κ1) is 17.5. The molecule has 3 aromatic rings. The van der Waals surface area contributed by atoms with E-state index in [4.69, 9.17) is 0 Å². The highest BCUT2D eigenvalue weighted by Gasteiger charge is 2.11. The molecule has 0 radical (unpaired) electrons. The molecular weight excluding hydrogens is 336 g/mol. The fourth-order valence-electron chi connectivity index (χ4n) is 2.50. The van der Waals surface area contributed by atoms with E-state index in [9.17, 15) is 13.6 Å². The quantitative estimate of drug-likeness (QED) is 0.694. The molecule has 26 heavy (non-hydrogen) atoms. The van der Waals surface area contributed by atoms with Gasteiger partial charge in [-0.05, 0) is 30.7 Å². The highest BCUT2D eigenvalue weighted by Crippen LogP contribution is 2.20. The first-order chi connectivity index (χ1) is 12.5. The van der Waals surface area contributed by atoms with Gasteiger partial charge in [-0.25, -0.2) is 8.78 Å². The molecule has 2 N–H and O–H groups in total. The third-order valence-corrected chi connectivity index (χ3v) is 3.86. The molecule has 2 aromatic carbocycles. The van der Waals surface area contributed by atoms with E-state index in [0.717, 1.165) is 17.7 Å². The number of halogens is 2. The summed E-state index contributed by atoms with van der Waals surface area (Å²) in [6.07, 6.45) is 3.03. The van der Waals surface area contributed by atoms with Crippen LogP contribution >= 0.6 is 0 Å². The number of carbonyl (C=O) groups excluding carboxylic acids is 1. The van der Waals surface area contributed by atoms with Crippen molar-refractivity contribution in [1.82, 2.24) is 4.98 Å². The van der Waals surface area contributed by atoms with Crippen LogP contribution in [0.2, 0.25) is 0 Å². The number of amides is 1. The zero-order valence-electron chi connectivity index (χ0n) is 14.0. The fourth-order valence-corrected chi connectivity index (χ4v) is 2.50. The lowest BCUT2D eigenvalue weighted by molar-refractivity contribution is 0.102. The second kappa shape index (κ2) is 7.74. The van der Waals surface area contributed by atoms with Crippen LogP contribution in [0, 0.1) is 11.6 Å². The summed E-state index contributed by atoms with van der Waals surface area (Å²) in [5.74, 6) is -2.45. The first-order valence-corrected chi connectivity index (χ1v) is 8.06. The summed E-state index contributed by atoms with van der Waals surface area (Å²) in [6.45, 7) is 2.00. The first-order valence-electron chi connectivity index (χ1n) is 8.06. The fraction of sp³-hybridized carbons (Fsp3) is 0.100. The van der Waals surface area contributed by atoms with Gasteiger partial charge < -0.3 is 10.6 Å². The van der Waals surface area contributed by atoms with Crippen LogP contribution in [0.5, 0.6) is 0 Å². The monoisotopic (exact) mass is 353 g/mol. The number of carbonyl (C=O) groups is 1. The Morgan fingerprint density at radius 2 is 1.73 bits per heavy atom. The Bertz CT molecular complexity index is 916. The third-order valence-electron chi connectivity index (χ3n) is 3.86. The van der Waals surface area contributed by atoms with Gasteiger partial charge in [-0.15, -0.1) is 0 Å².